The number of benzene rings is 1. The van der Waals surface area contributed by atoms with Gasteiger partial charge in [-0.15, -0.1) is 0 Å². The van der Waals surface area contributed by atoms with E-state index in [1.807, 2.05) is 6.92 Å². The molecule has 1 aliphatic rings. The van der Waals surface area contributed by atoms with E-state index in [4.69, 9.17) is 4.74 Å². The van der Waals surface area contributed by atoms with Gasteiger partial charge in [0.15, 0.2) is 6.61 Å². The number of alkyl halides is 3. The molecule has 1 amide bonds. The SMILES string of the molecule is C[C@H]1OCCN[C@@H]1C(=O)NCc1ccc(OCC(F)(F)F)cc1. The summed E-state index contributed by atoms with van der Waals surface area (Å²) >= 11 is 0. The molecule has 8 heteroatoms. The highest BCUT2D eigenvalue weighted by Crippen LogP contribution is 2.18. The Labute approximate surface area is 132 Å². The minimum atomic E-state index is -4.36. The van der Waals surface area contributed by atoms with Crippen molar-refractivity contribution in [3.63, 3.8) is 0 Å². The van der Waals surface area contributed by atoms with E-state index in [-0.39, 0.29) is 24.3 Å². The van der Waals surface area contributed by atoms with Gasteiger partial charge in [-0.3, -0.25) is 4.79 Å². The van der Waals surface area contributed by atoms with Gasteiger partial charge in [0.25, 0.3) is 0 Å². The van der Waals surface area contributed by atoms with Gasteiger partial charge in [-0.2, -0.15) is 13.2 Å². The summed E-state index contributed by atoms with van der Waals surface area (Å²) in [7, 11) is 0. The van der Waals surface area contributed by atoms with Gasteiger partial charge in [-0.1, -0.05) is 12.1 Å². The minimum Gasteiger partial charge on any atom is -0.484 e. The molecule has 0 bridgehead atoms. The summed E-state index contributed by atoms with van der Waals surface area (Å²) in [5, 5.41) is 5.85. The predicted octanol–water partition coefficient (Wildman–Crippen LogP) is 1.62. The van der Waals surface area contributed by atoms with Crippen LogP contribution in [0.3, 0.4) is 0 Å². The molecule has 1 aromatic carbocycles. The van der Waals surface area contributed by atoms with Gasteiger partial charge >= 0.3 is 6.18 Å². The van der Waals surface area contributed by atoms with E-state index < -0.39 is 18.8 Å². The van der Waals surface area contributed by atoms with Crippen molar-refractivity contribution in [2.24, 2.45) is 0 Å². The molecule has 0 saturated carbocycles. The number of nitrogens with one attached hydrogen (secondary N) is 2. The lowest BCUT2D eigenvalue weighted by Crippen LogP contribution is -2.55. The van der Waals surface area contributed by atoms with Gasteiger partial charge in [0.05, 0.1) is 12.7 Å². The Morgan fingerprint density at radius 3 is 2.70 bits per heavy atom. The van der Waals surface area contributed by atoms with E-state index in [2.05, 4.69) is 15.4 Å². The number of halogens is 3. The number of ether oxygens (including phenoxy) is 2. The van der Waals surface area contributed by atoms with Gasteiger partial charge < -0.3 is 20.1 Å². The lowest BCUT2D eigenvalue weighted by molar-refractivity contribution is -0.153. The van der Waals surface area contributed by atoms with Gasteiger partial charge in [-0.25, -0.2) is 0 Å². The molecule has 5 nitrogen and oxygen atoms in total. The maximum Gasteiger partial charge on any atom is 0.422 e. The average molecular weight is 332 g/mol. The molecule has 0 aliphatic carbocycles. The van der Waals surface area contributed by atoms with Gasteiger partial charge in [0, 0.05) is 13.1 Å². The van der Waals surface area contributed by atoms with Crippen LogP contribution in [-0.2, 0) is 16.1 Å². The lowest BCUT2D eigenvalue weighted by atomic mass is 10.1. The first kappa shape index (κ1) is 17.6. The summed E-state index contributed by atoms with van der Waals surface area (Å²) in [4.78, 5) is 12.1. The zero-order valence-corrected chi connectivity index (χ0v) is 12.7. The van der Waals surface area contributed by atoms with E-state index in [0.717, 1.165) is 5.56 Å². The fourth-order valence-electron chi connectivity index (χ4n) is 2.20. The Morgan fingerprint density at radius 1 is 1.39 bits per heavy atom. The highest BCUT2D eigenvalue weighted by atomic mass is 19.4. The van der Waals surface area contributed by atoms with Crippen molar-refractivity contribution in [2.45, 2.75) is 31.8 Å². The summed E-state index contributed by atoms with van der Waals surface area (Å²) in [6, 6.07) is 5.70. The van der Waals surface area contributed by atoms with Crippen LogP contribution in [0.2, 0.25) is 0 Å². The smallest absolute Gasteiger partial charge is 0.422 e. The van der Waals surface area contributed by atoms with Crippen LogP contribution in [0.4, 0.5) is 13.2 Å². The van der Waals surface area contributed by atoms with Crippen molar-refractivity contribution in [2.75, 3.05) is 19.8 Å². The molecular weight excluding hydrogens is 313 g/mol. The number of carbonyl (C=O) groups excluding carboxylic acids is 1. The van der Waals surface area contributed by atoms with Gasteiger partial charge in [0.2, 0.25) is 5.91 Å². The quantitative estimate of drug-likeness (QED) is 0.860. The maximum atomic E-state index is 12.1. The third kappa shape index (κ3) is 5.72. The highest BCUT2D eigenvalue weighted by molar-refractivity contribution is 5.82. The largest absolute Gasteiger partial charge is 0.484 e. The molecule has 2 atom stereocenters. The predicted molar refractivity (Wildman–Crippen MR) is 77.0 cm³/mol. The van der Waals surface area contributed by atoms with E-state index in [9.17, 15) is 18.0 Å². The molecule has 128 valence electrons. The van der Waals surface area contributed by atoms with E-state index >= 15 is 0 Å². The Kier molecular flexibility index (Phi) is 5.84. The van der Waals surface area contributed by atoms with Crippen molar-refractivity contribution in [1.29, 1.82) is 0 Å². The fourth-order valence-corrected chi connectivity index (χ4v) is 2.20. The van der Waals surface area contributed by atoms with Crippen molar-refractivity contribution in [3.05, 3.63) is 29.8 Å². The van der Waals surface area contributed by atoms with Crippen LogP contribution in [-0.4, -0.2) is 44.0 Å². The van der Waals surface area contributed by atoms with Crippen LogP contribution in [0.25, 0.3) is 0 Å². The van der Waals surface area contributed by atoms with E-state index in [1.54, 1.807) is 12.1 Å². The number of morpholine rings is 1. The van der Waals surface area contributed by atoms with E-state index in [1.165, 1.54) is 12.1 Å². The summed E-state index contributed by atoms with van der Waals surface area (Å²) in [5.41, 5.74) is 0.766. The summed E-state index contributed by atoms with van der Waals surface area (Å²) in [6.45, 7) is 1.97. The first-order chi connectivity index (χ1) is 10.8. The zero-order valence-electron chi connectivity index (χ0n) is 12.7. The van der Waals surface area contributed by atoms with Crippen LogP contribution in [0, 0.1) is 0 Å². The molecule has 1 saturated heterocycles. The molecule has 1 aliphatic heterocycles. The van der Waals surface area contributed by atoms with Crippen LogP contribution in [0.15, 0.2) is 24.3 Å². The molecule has 1 heterocycles. The topological polar surface area (TPSA) is 59.6 Å². The first-order valence-corrected chi connectivity index (χ1v) is 7.26. The molecule has 1 fully saturated rings. The zero-order chi connectivity index (χ0) is 16.9. The van der Waals surface area contributed by atoms with Crippen molar-refractivity contribution in [3.8, 4) is 5.75 Å². The van der Waals surface area contributed by atoms with Gasteiger partial charge in [0.1, 0.15) is 11.8 Å². The molecule has 0 radical (unpaired) electrons. The van der Waals surface area contributed by atoms with E-state index in [0.29, 0.717) is 13.2 Å². The third-order valence-electron chi connectivity index (χ3n) is 3.39. The number of rotatable bonds is 5. The highest BCUT2D eigenvalue weighted by Gasteiger charge is 2.29. The summed E-state index contributed by atoms with van der Waals surface area (Å²) in [5.74, 6) is -0.0389. The standard InChI is InChI=1S/C15H19F3N2O3/c1-10-13(19-6-7-22-10)14(21)20-8-11-2-4-12(5-3-11)23-9-15(16,17)18/h2-5,10,13,19H,6-9H2,1H3,(H,20,21)/t10-,13+/m1/s1. The van der Waals surface area contributed by atoms with Crippen LogP contribution >= 0.6 is 0 Å². The Balaban J connectivity index is 1.80. The lowest BCUT2D eigenvalue weighted by Gasteiger charge is -2.29. The third-order valence-corrected chi connectivity index (χ3v) is 3.39. The molecule has 2 N–H and O–H groups in total. The number of hydrogen-bond acceptors (Lipinski definition) is 4. The molecule has 1 aromatic rings. The molecule has 2 rings (SSSR count). The minimum absolute atomic E-state index is 0.133. The van der Waals surface area contributed by atoms with Crippen molar-refractivity contribution in [1.82, 2.24) is 10.6 Å². The second-order valence-corrected chi connectivity index (χ2v) is 5.27. The Morgan fingerprint density at radius 2 is 2.09 bits per heavy atom. The second kappa shape index (κ2) is 7.65. The van der Waals surface area contributed by atoms with Crippen molar-refractivity contribution < 1.29 is 27.4 Å². The normalized spacial score (nSPS) is 21.7. The maximum absolute atomic E-state index is 12.1. The molecule has 0 spiro atoms. The van der Waals surface area contributed by atoms with Crippen LogP contribution in [0.1, 0.15) is 12.5 Å². The first-order valence-electron chi connectivity index (χ1n) is 7.26. The van der Waals surface area contributed by atoms with Crippen LogP contribution < -0.4 is 15.4 Å². The van der Waals surface area contributed by atoms with Gasteiger partial charge in [-0.05, 0) is 24.6 Å². The van der Waals surface area contributed by atoms with Crippen LogP contribution in [0.5, 0.6) is 5.75 Å². The number of carbonyl (C=O) groups is 1. The second-order valence-electron chi connectivity index (χ2n) is 5.27. The Bertz CT molecular complexity index is 520. The number of hydrogen-bond donors (Lipinski definition) is 2. The number of amides is 1. The molecule has 23 heavy (non-hydrogen) atoms. The Hall–Kier alpha value is -1.80. The molecule has 0 unspecified atom stereocenters. The van der Waals surface area contributed by atoms with Crippen molar-refractivity contribution >= 4 is 5.91 Å². The molecular formula is C15H19F3N2O3. The molecule has 0 aromatic heterocycles. The monoisotopic (exact) mass is 332 g/mol. The summed E-state index contributed by atoms with van der Waals surface area (Å²) in [6.07, 6.45) is -4.57. The average Bonchev–Trinajstić information content (AvgIpc) is 2.51. The fraction of sp³-hybridized carbons (Fsp3) is 0.533. The summed E-state index contributed by atoms with van der Waals surface area (Å²) < 4.78 is 46.2.